The van der Waals surface area contributed by atoms with Crippen LogP contribution in [0, 0.1) is 0 Å². The summed E-state index contributed by atoms with van der Waals surface area (Å²) in [6.07, 6.45) is 4.08. The molecule has 1 aromatic carbocycles. The first-order valence-electron chi connectivity index (χ1n) is 6.31. The summed E-state index contributed by atoms with van der Waals surface area (Å²) in [5, 5.41) is 0. The minimum Gasteiger partial charge on any atom is -0.496 e. The first-order chi connectivity index (χ1) is 9.31. The van der Waals surface area contributed by atoms with Crippen molar-refractivity contribution in [3.8, 4) is 11.5 Å². The first kappa shape index (κ1) is 13.7. The van der Waals surface area contributed by atoms with Crippen molar-refractivity contribution in [2.75, 3.05) is 20.8 Å². The van der Waals surface area contributed by atoms with Gasteiger partial charge in [-0.3, -0.25) is 5.84 Å². The van der Waals surface area contributed by atoms with Crippen LogP contribution in [0.3, 0.4) is 0 Å². The van der Waals surface area contributed by atoms with E-state index in [1.165, 1.54) is 0 Å². The molecule has 0 bridgehead atoms. The zero-order valence-corrected chi connectivity index (χ0v) is 11.3. The molecule has 1 aliphatic rings. The quantitative estimate of drug-likeness (QED) is 0.628. The average molecular weight is 264 g/mol. The molecule has 3 N–H and O–H groups in total. The van der Waals surface area contributed by atoms with Crippen molar-refractivity contribution in [2.45, 2.75) is 18.9 Å². The number of methoxy groups -OCH3 is 2. The molecule has 1 aromatic rings. The maximum absolute atomic E-state index is 5.70. The maximum atomic E-state index is 5.70. The largest absolute Gasteiger partial charge is 0.496 e. The second kappa shape index (κ2) is 6.45. The minimum atomic E-state index is -0.272. The summed E-state index contributed by atoms with van der Waals surface area (Å²) in [6, 6.07) is 5.37. The van der Waals surface area contributed by atoms with E-state index < -0.39 is 0 Å². The van der Waals surface area contributed by atoms with Gasteiger partial charge in [-0.25, -0.2) is 5.43 Å². The number of nitrogens with two attached hydrogens (primary N) is 1. The van der Waals surface area contributed by atoms with E-state index in [2.05, 4.69) is 11.5 Å². The van der Waals surface area contributed by atoms with Gasteiger partial charge in [0.1, 0.15) is 23.3 Å². The van der Waals surface area contributed by atoms with Gasteiger partial charge >= 0.3 is 0 Å². The Morgan fingerprint density at radius 2 is 1.95 bits per heavy atom. The molecule has 0 saturated carbocycles. The lowest BCUT2D eigenvalue weighted by atomic mass is 10.0. The molecule has 0 aromatic heterocycles. The summed E-state index contributed by atoms with van der Waals surface area (Å²) in [5.74, 6) is 7.96. The van der Waals surface area contributed by atoms with Crippen LogP contribution in [0.1, 0.15) is 24.4 Å². The van der Waals surface area contributed by atoms with Crippen LogP contribution in [0.5, 0.6) is 11.5 Å². The highest BCUT2D eigenvalue weighted by molar-refractivity contribution is 5.49. The first-order valence-corrected chi connectivity index (χ1v) is 6.31. The molecule has 2 rings (SSSR count). The van der Waals surface area contributed by atoms with Crippen LogP contribution in [0.25, 0.3) is 0 Å². The van der Waals surface area contributed by atoms with Gasteiger partial charge in [0, 0.05) is 0 Å². The molecule has 1 aliphatic heterocycles. The monoisotopic (exact) mass is 264 g/mol. The van der Waals surface area contributed by atoms with E-state index in [0.29, 0.717) is 6.61 Å². The molecule has 0 spiro atoms. The average Bonchev–Trinajstić information content (AvgIpc) is 2.49. The molecule has 0 saturated heterocycles. The summed E-state index contributed by atoms with van der Waals surface area (Å²) in [5.41, 5.74) is 3.63. The van der Waals surface area contributed by atoms with E-state index in [-0.39, 0.29) is 6.04 Å². The van der Waals surface area contributed by atoms with Crippen LogP contribution < -0.4 is 20.7 Å². The Labute approximate surface area is 113 Å². The van der Waals surface area contributed by atoms with E-state index in [4.69, 9.17) is 20.1 Å². The SMILES string of the molecule is COc1cccc(OC)c1C(NN)C1=CCCCO1. The van der Waals surface area contributed by atoms with Gasteiger partial charge in [0.25, 0.3) is 0 Å². The number of allylic oxidation sites excluding steroid dienone is 1. The Hall–Kier alpha value is -1.72. The second-order valence-corrected chi connectivity index (χ2v) is 4.27. The van der Waals surface area contributed by atoms with Gasteiger partial charge in [-0.2, -0.15) is 0 Å². The molecule has 19 heavy (non-hydrogen) atoms. The number of rotatable bonds is 5. The van der Waals surface area contributed by atoms with Crippen molar-refractivity contribution in [1.82, 2.24) is 5.43 Å². The van der Waals surface area contributed by atoms with Crippen molar-refractivity contribution in [2.24, 2.45) is 5.84 Å². The fourth-order valence-corrected chi connectivity index (χ4v) is 2.25. The smallest absolute Gasteiger partial charge is 0.127 e. The number of hydrogen-bond donors (Lipinski definition) is 2. The van der Waals surface area contributed by atoms with E-state index in [9.17, 15) is 0 Å². The minimum absolute atomic E-state index is 0.272. The Kier molecular flexibility index (Phi) is 4.65. The van der Waals surface area contributed by atoms with Crippen molar-refractivity contribution in [3.63, 3.8) is 0 Å². The Bertz CT molecular complexity index is 438. The summed E-state index contributed by atoms with van der Waals surface area (Å²) < 4.78 is 16.5. The molecule has 0 radical (unpaired) electrons. The third-order valence-corrected chi connectivity index (χ3v) is 3.17. The van der Waals surface area contributed by atoms with Gasteiger partial charge in [-0.15, -0.1) is 0 Å². The summed E-state index contributed by atoms with van der Waals surface area (Å²) in [6.45, 7) is 0.710. The molecule has 0 amide bonds. The highest BCUT2D eigenvalue weighted by Gasteiger charge is 2.25. The van der Waals surface area contributed by atoms with E-state index >= 15 is 0 Å². The van der Waals surface area contributed by atoms with Crippen molar-refractivity contribution in [1.29, 1.82) is 0 Å². The van der Waals surface area contributed by atoms with Crippen LogP contribution >= 0.6 is 0 Å². The second-order valence-electron chi connectivity index (χ2n) is 4.27. The van der Waals surface area contributed by atoms with Crippen molar-refractivity contribution >= 4 is 0 Å². The lowest BCUT2D eigenvalue weighted by Gasteiger charge is -2.26. The van der Waals surface area contributed by atoms with Crippen LogP contribution in [0.2, 0.25) is 0 Å². The molecule has 5 nitrogen and oxygen atoms in total. The number of hydrazine groups is 1. The Morgan fingerprint density at radius 3 is 2.42 bits per heavy atom. The molecule has 1 unspecified atom stereocenters. The third-order valence-electron chi connectivity index (χ3n) is 3.17. The predicted octanol–water partition coefficient (Wildman–Crippen LogP) is 1.90. The topological polar surface area (TPSA) is 65.7 Å². The predicted molar refractivity (Wildman–Crippen MR) is 72.9 cm³/mol. The number of nitrogens with one attached hydrogen (secondary N) is 1. The lowest BCUT2D eigenvalue weighted by molar-refractivity contribution is 0.166. The van der Waals surface area contributed by atoms with Crippen LogP contribution in [0.15, 0.2) is 30.0 Å². The number of ether oxygens (including phenoxy) is 3. The molecule has 104 valence electrons. The van der Waals surface area contributed by atoms with E-state index in [1.807, 2.05) is 18.2 Å². The van der Waals surface area contributed by atoms with Gasteiger partial charge < -0.3 is 14.2 Å². The molecule has 0 aliphatic carbocycles. The number of benzene rings is 1. The fraction of sp³-hybridized carbons (Fsp3) is 0.429. The maximum Gasteiger partial charge on any atom is 0.127 e. The standard InChI is InChI=1S/C14H20N2O3/c1-17-10-7-5-8-11(18-2)13(10)14(16-15)12-6-3-4-9-19-12/h5-8,14,16H,3-4,9,15H2,1-2H3. The summed E-state index contributed by atoms with van der Waals surface area (Å²) in [7, 11) is 3.25. The highest BCUT2D eigenvalue weighted by atomic mass is 16.5. The van der Waals surface area contributed by atoms with Gasteiger partial charge in [-0.05, 0) is 31.1 Å². The van der Waals surface area contributed by atoms with Gasteiger partial charge in [0.2, 0.25) is 0 Å². The molecule has 0 fully saturated rings. The van der Waals surface area contributed by atoms with Gasteiger partial charge in [-0.1, -0.05) is 6.07 Å². The Morgan fingerprint density at radius 1 is 1.26 bits per heavy atom. The third kappa shape index (κ3) is 2.83. The molecule has 1 heterocycles. The number of hydrogen-bond acceptors (Lipinski definition) is 5. The zero-order valence-electron chi connectivity index (χ0n) is 11.3. The molecular formula is C14H20N2O3. The summed E-state index contributed by atoms with van der Waals surface area (Å²) >= 11 is 0. The molecule has 5 heteroatoms. The van der Waals surface area contributed by atoms with Crippen molar-refractivity contribution < 1.29 is 14.2 Å². The van der Waals surface area contributed by atoms with Crippen molar-refractivity contribution in [3.05, 3.63) is 35.6 Å². The summed E-state index contributed by atoms with van der Waals surface area (Å²) in [4.78, 5) is 0. The fourth-order valence-electron chi connectivity index (χ4n) is 2.25. The van der Waals surface area contributed by atoms with Gasteiger partial charge in [0.05, 0.1) is 26.4 Å². The Balaban J connectivity index is 2.44. The zero-order chi connectivity index (χ0) is 13.7. The highest BCUT2D eigenvalue weighted by Crippen LogP contribution is 2.38. The van der Waals surface area contributed by atoms with E-state index in [1.54, 1.807) is 14.2 Å². The normalized spacial score (nSPS) is 16.3. The van der Waals surface area contributed by atoms with Gasteiger partial charge in [0.15, 0.2) is 0 Å². The molecule has 1 atom stereocenters. The van der Waals surface area contributed by atoms with Crippen LogP contribution in [-0.4, -0.2) is 20.8 Å². The van der Waals surface area contributed by atoms with Crippen LogP contribution in [-0.2, 0) is 4.74 Å². The van der Waals surface area contributed by atoms with E-state index in [0.717, 1.165) is 35.7 Å². The lowest BCUT2D eigenvalue weighted by Crippen LogP contribution is -2.31. The van der Waals surface area contributed by atoms with Crippen LogP contribution in [0.4, 0.5) is 0 Å². The molecular weight excluding hydrogens is 244 g/mol.